The maximum absolute atomic E-state index is 12.9. The van der Waals surface area contributed by atoms with Crippen molar-refractivity contribution in [3.05, 3.63) is 66.0 Å². The van der Waals surface area contributed by atoms with Crippen molar-refractivity contribution < 1.29 is 27.5 Å². The molecule has 1 aromatic heterocycles. The highest BCUT2D eigenvalue weighted by atomic mass is 32.2. The Balaban J connectivity index is 1.59. The number of hydrogen-bond donors (Lipinski definition) is 2. The van der Waals surface area contributed by atoms with Crippen molar-refractivity contribution in [3.63, 3.8) is 0 Å². The summed E-state index contributed by atoms with van der Waals surface area (Å²) in [4.78, 5) is 24.8. The Bertz CT molecular complexity index is 1120. The van der Waals surface area contributed by atoms with Gasteiger partial charge in [0.1, 0.15) is 6.33 Å². The fourth-order valence-electron chi connectivity index (χ4n) is 2.74. The Morgan fingerprint density at radius 2 is 1.82 bits per heavy atom. The van der Waals surface area contributed by atoms with Crippen LogP contribution >= 0.6 is 11.8 Å². The van der Waals surface area contributed by atoms with Gasteiger partial charge >= 0.3 is 6.18 Å². The smallest absolute Gasteiger partial charge is 0.383 e. The van der Waals surface area contributed by atoms with E-state index in [4.69, 9.17) is 4.74 Å². The third-order valence-corrected chi connectivity index (χ3v) is 5.29. The van der Waals surface area contributed by atoms with Gasteiger partial charge < -0.3 is 19.9 Å². The Morgan fingerprint density at radius 3 is 2.55 bits per heavy atom. The van der Waals surface area contributed by atoms with Crippen LogP contribution in [0.15, 0.2) is 60.0 Å². The number of halogens is 3. The first-order chi connectivity index (χ1) is 15.8. The van der Waals surface area contributed by atoms with Gasteiger partial charge in [0.15, 0.2) is 5.16 Å². The van der Waals surface area contributed by atoms with Crippen molar-refractivity contribution in [2.75, 3.05) is 30.1 Å². The Labute approximate surface area is 191 Å². The normalized spacial score (nSPS) is 11.3. The van der Waals surface area contributed by atoms with Crippen molar-refractivity contribution in [1.82, 2.24) is 14.8 Å². The van der Waals surface area contributed by atoms with Crippen molar-refractivity contribution >= 4 is 35.0 Å². The molecule has 33 heavy (non-hydrogen) atoms. The average Bonchev–Trinajstić information content (AvgIpc) is 3.23. The Morgan fingerprint density at radius 1 is 1.09 bits per heavy atom. The molecule has 0 saturated heterocycles. The predicted octanol–water partition coefficient (Wildman–Crippen LogP) is 3.93. The maximum Gasteiger partial charge on any atom is 0.416 e. The summed E-state index contributed by atoms with van der Waals surface area (Å²) < 4.78 is 45.4. The number of anilines is 2. The summed E-state index contributed by atoms with van der Waals surface area (Å²) in [5.74, 6) is -0.866. The summed E-state index contributed by atoms with van der Waals surface area (Å²) in [6, 6.07) is 10.4. The van der Waals surface area contributed by atoms with E-state index < -0.39 is 17.6 Å². The van der Waals surface area contributed by atoms with Crippen LogP contribution in [-0.4, -0.2) is 46.0 Å². The van der Waals surface area contributed by atoms with Crippen molar-refractivity contribution in [1.29, 1.82) is 0 Å². The van der Waals surface area contributed by atoms with Crippen LogP contribution in [0.2, 0.25) is 0 Å². The van der Waals surface area contributed by atoms with Crippen LogP contribution in [0.25, 0.3) is 0 Å². The molecule has 0 aliphatic rings. The molecule has 0 unspecified atom stereocenters. The molecule has 8 nitrogen and oxygen atoms in total. The number of ether oxygens (including phenoxy) is 1. The number of aromatic nitrogens is 3. The summed E-state index contributed by atoms with van der Waals surface area (Å²) >= 11 is 1.20. The van der Waals surface area contributed by atoms with Gasteiger partial charge in [-0.1, -0.05) is 23.9 Å². The molecule has 0 bridgehead atoms. The first kappa shape index (κ1) is 24.3. The standard InChI is InChI=1S/C21H20F3N5O3S/c1-32-9-8-29-13-25-28-20(29)33-12-18(30)26-16-6-2-4-14(10-16)19(31)27-17-7-3-5-15(11-17)21(22,23)24/h2-7,10-11,13H,8-9,12H2,1H3,(H,26,30)(H,27,31). The minimum Gasteiger partial charge on any atom is -0.383 e. The highest BCUT2D eigenvalue weighted by Gasteiger charge is 2.30. The fourth-order valence-corrected chi connectivity index (χ4v) is 3.48. The summed E-state index contributed by atoms with van der Waals surface area (Å²) in [7, 11) is 1.58. The molecule has 0 spiro atoms. The summed E-state index contributed by atoms with van der Waals surface area (Å²) in [6.07, 6.45) is -2.97. The molecule has 2 N–H and O–H groups in total. The minimum absolute atomic E-state index is 0.0123. The lowest BCUT2D eigenvalue weighted by Gasteiger charge is -2.11. The molecule has 0 saturated carbocycles. The predicted molar refractivity (Wildman–Crippen MR) is 117 cm³/mol. The van der Waals surface area contributed by atoms with Crippen molar-refractivity contribution in [2.45, 2.75) is 17.9 Å². The van der Waals surface area contributed by atoms with E-state index in [1.54, 1.807) is 30.1 Å². The zero-order chi connectivity index (χ0) is 23.8. The van der Waals surface area contributed by atoms with Crippen LogP contribution in [0.4, 0.5) is 24.5 Å². The van der Waals surface area contributed by atoms with E-state index in [1.165, 1.54) is 36.0 Å². The van der Waals surface area contributed by atoms with Gasteiger partial charge in [-0.15, -0.1) is 10.2 Å². The molecule has 0 aliphatic heterocycles. The zero-order valence-electron chi connectivity index (χ0n) is 17.4. The first-order valence-corrected chi connectivity index (χ1v) is 10.6. The van der Waals surface area contributed by atoms with Gasteiger partial charge in [0.25, 0.3) is 5.91 Å². The number of nitrogens with zero attached hydrogens (tertiary/aromatic N) is 3. The molecule has 1 heterocycles. The molecule has 2 amide bonds. The highest BCUT2D eigenvalue weighted by molar-refractivity contribution is 7.99. The second-order valence-corrected chi connectivity index (χ2v) is 7.69. The lowest BCUT2D eigenvalue weighted by Crippen LogP contribution is -2.16. The Kier molecular flexibility index (Phi) is 8.06. The molecular formula is C21H20F3N5O3S. The van der Waals surface area contributed by atoms with E-state index in [9.17, 15) is 22.8 Å². The summed E-state index contributed by atoms with van der Waals surface area (Å²) in [5, 5.41) is 13.5. The topological polar surface area (TPSA) is 98.1 Å². The molecule has 0 fully saturated rings. The maximum atomic E-state index is 12.9. The number of hydrogen-bond acceptors (Lipinski definition) is 6. The minimum atomic E-state index is -4.51. The first-order valence-electron chi connectivity index (χ1n) is 9.64. The van der Waals surface area contributed by atoms with Crippen LogP contribution in [0.1, 0.15) is 15.9 Å². The molecular weight excluding hydrogens is 459 g/mol. The molecule has 2 aromatic carbocycles. The van der Waals surface area contributed by atoms with Gasteiger partial charge in [-0.25, -0.2) is 0 Å². The van der Waals surface area contributed by atoms with E-state index in [2.05, 4.69) is 20.8 Å². The second kappa shape index (κ2) is 11.0. The van der Waals surface area contributed by atoms with Gasteiger partial charge in [-0.2, -0.15) is 13.2 Å². The average molecular weight is 479 g/mol. The third kappa shape index (κ3) is 7.05. The van der Waals surface area contributed by atoms with Gasteiger partial charge in [0.05, 0.1) is 17.9 Å². The van der Waals surface area contributed by atoms with Crippen LogP contribution in [0.3, 0.4) is 0 Å². The van der Waals surface area contributed by atoms with Gasteiger partial charge in [-0.3, -0.25) is 9.59 Å². The number of amides is 2. The molecule has 0 atom stereocenters. The van der Waals surface area contributed by atoms with E-state index in [0.29, 0.717) is 24.0 Å². The number of thioether (sulfide) groups is 1. The number of benzene rings is 2. The van der Waals surface area contributed by atoms with Gasteiger partial charge in [0.2, 0.25) is 5.91 Å². The monoisotopic (exact) mass is 479 g/mol. The van der Waals surface area contributed by atoms with Gasteiger partial charge in [0, 0.05) is 30.6 Å². The summed E-state index contributed by atoms with van der Waals surface area (Å²) in [6.45, 7) is 1.03. The lowest BCUT2D eigenvalue weighted by atomic mass is 10.1. The highest BCUT2D eigenvalue weighted by Crippen LogP contribution is 2.30. The lowest BCUT2D eigenvalue weighted by molar-refractivity contribution is -0.137. The number of rotatable bonds is 9. The molecule has 0 aliphatic carbocycles. The number of methoxy groups -OCH3 is 1. The molecule has 174 valence electrons. The molecule has 3 aromatic rings. The molecule has 12 heteroatoms. The van der Waals surface area contributed by atoms with E-state index in [-0.39, 0.29) is 22.9 Å². The van der Waals surface area contributed by atoms with Crippen LogP contribution in [0, 0.1) is 0 Å². The molecule has 3 rings (SSSR count). The second-order valence-electron chi connectivity index (χ2n) is 6.75. The van der Waals surface area contributed by atoms with Gasteiger partial charge in [-0.05, 0) is 36.4 Å². The van der Waals surface area contributed by atoms with E-state index in [1.807, 2.05) is 0 Å². The largest absolute Gasteiger partial charge is 0.416 e. The molecule has 0 radical (unpaired) electrons. The van der Waals surface area contributed by atoms with Crippen LogP contribution in [0.5, 0.6) is 0 Å². The number of carbonyl (C=O) groups excluding carboxylic acids is 2. The Hall–Kier alpha value is -3.38. The van der Waals surface area contributed by atoms with Crippen molar-refractivity contribution in [2.24, 2.45) is 0 Å². The van der Waals surface area contributed by atoms with E-state index >= 15 is 0 Å². The fraction of sp³-hybridized carbons (Fsp3) is 0.238. The van der Waals surface area contributed by atoms with Crippen LogP contribution in [-0.2, 0) is 22.3 Å². The number of alkyl halides is 3. The quantitative estimate of drug-likeness (QED) is 0.452. The van der Waals surface area contributed by atoms with E-state index in [0.717, 1.165) is 12.1 Å². The summed E-state index contributed by atoms with van der Waals surface area (Å²) in [5.41, 5.74) is -0.301. The number of carbonyl (C=O) groups is 2. The van der Waals surface area contributed by atoms with Crippen molar-refractivity contribution in [3.8, 4) is 0 Å². The SMILES string of the molecule is COCCn1cnnc1SCC(=O)Nc1cccc(C(=O)Nc2cccc(C(F)(F)F)c2)c1. The number of nitrogens with one attached hydrogen (secondary N) is 2. The van der Waals surface area contributed by atoms with Crippen LogP contribution < -0.4 is 10.6 Å². The zero-order valence-corrected chi connectivity index (χ0v) is 18.2. The third-order valence-electron chi connectivity index (χ3n) is 4.30.